The number of sulfone groups is 1. The quantitative estimate of drug-likeness (QED) is 0.845. The molecule has 19 heavy (non-hydrogen) atoms. The molecule has 1 aliphatic rings. The van der Waals surface area contributed by atoms with E-state index in [4.69, 9.17) is 0 Å². The van der Waals surface area contributed by atoms with Gasteiger partial charge in [-0.25, -0.2) is 8.42 Å². The zero-order valence-corrected chi connectivity index (χ0v) is 11.3. The van der Waals surface area contributed by atoms with Crippen LogP contribution in [0.2, 0.25) is 0 Å². The monoisotopic (exact) mass is 273 g/mol. The van der Waals surface area contributed by atoms with E-state index in [1.807, 2.05) is 18.2 Å². The normalized spacial score (nSPS) is 18.8. The van der Waals surface area contributed by atoms with Crippen LogP contribution in [0.1, 0.15) is 29.3 Å². The average molecular weight is 273 g/mol. The molecule has 0 radical (unpaired) electrons. The first-order valence-corrected chi connectivity index (χ1v) is 7.97. The third-order valence-corrected chi connectivity index (χ3v) is 5.73. The SMILES string of the molecule is O=S(=O)(c1ccccc1)C1CCCc2cccnc21. The number of rotatable bonds is 2. The zero-order chi connectivity index (χ0) is 13.3. The lowest BCUT2D eigenvalue weighted by Gasteiger charge is -2.24. The van der Waals surface area contributed by atoms with Gasteiger partial charge >= 0.3 is 0 Å². The number of fused-ring (bicyclic) bond motifs is 1. The summed E-state index contributed by atoms with van der Waals surface area (Å²) in [5.41, 5.74) is 1.80. The molecular weight excluding hydrogens is 258 g/mol. The predicted molar refractivity (Wildman–Crippen MR) is 73.5 cm³/mol. The molecule has 0 aliphatic heterocycles. The molecule has 3 nitrogen and oxygen atoms in total. The van der Waals surface area contributed by atoms with Gasteiger partial charge in [-0.15, -0.1) is 0 Å². The number of aryl methyl sites for hydroxylation is 1. The largest absolute Gasteiger partial charge is 0.260 e. The molecular formula is C15H15NO2S. The molecule has 0 spiro atoms. The molecule has 0 bridgehead atoms. The Hall–Kier alpha value is -1.68. The number of nitrogens with zero attached hydrogens (tertiary/aromatic N) is 1. The second-order valence-electron chi connectivity index (χ2n) is 4.79. The summed E-state index contributed by atoms with van der Waals surface area (Å²) in [6, 6.07) is 12.5. The first kappa shape index (κ1) is 12.4. The highest BCUT2D eigenvalue weighted by Crippen LogP contribution is 2.37. The molecule has 0 amide bonds. The Labute approximate surface area is 113 Å². The second-order valence-corrected chi connectivity index (χ2v) is 6.92. The van der Waals surface area contributed by atoms with Gasteiger partial charge in [0.25, 0.3) is 0 Å². The summed E-state index contributed by atoms with van der Waals surface area (Å²) in [5, 5.41) is -0.500. The number of benzene rings is 1. The molecule has 1 aromatic heterocycles. The van der Waals surface area contributed by atoms with Crippen LogP contribution in [-0.2, 0) is 16.3 Å². The standard InChI is InChI=1S/C15H15NO2S/c17-19(18,13-8-2-1-3-9-13)14-10-4-6-12-7-5-11-16-15(12)14/h1-3,5,7-9,11,14H,4,6,10H2. The Morgan fingerprint density at radius 1 is 1.05 bits per heavy atom. The lowest BCUT2D eigenvalue weighted by Crippen LogP contribution is -2.20. The van der Waals surface area contributed by atoms with Crippen LogP contribution in [0.25, 0.3) is 0 Å². The Morgan fingerprint density at radius 2 is 1.84 bits per heavy atom. The summed E-state index contributed by atoms with van der Waals surface area (Å²) >= 11 is 0. The minimum Gasteiger partial charge on any atom is -0.260 e. The number of hydrogen-bond donors (Lipinski definition) is 0. The van der Waals surface area contributed by atoms with Crippen LogP contribution in [0.5, 0.6) is 0 Å². The van der Waals surface area contributed by atoms with Crippen LogP contribution < -0.4 is 0 Å². The van der Waals surface area contributed by atoms with Crippen molar-refractivity contribution in [2.75, 3.05) is 0 Å². The molecule has 0 saturated heterocycles. The molecule has 98 valence electrons. The van der Waals surface area contributed by atoms with E-state index in [1.54, 1.807) is 30.5 Å². The summed E-state index contributed by atoms with van der Waals surface area (Å²) in [7, 11) is -3.34. The number of hydrogen-bond acceptors (Lipinski definition) is 3. The fourth-order valence-electron chi connectivity index (χ4n) is 2.64. The highest BCUT2D eigenvalue weighted by Gasteiger charge is 2.33. The fourth-order valence-corrected chi connectivity index (χ4v) is 4.49. The molecule has 0 fully saturated rings. The van der Waals surface area contributed by atoms with Gasteiger partial charge in [0.2, 0.25) is 0 Å². The molecule has 1 unspecified atom stereocenters. The van der Waals surface area contributed by atoms with Crippen LogP contribution in [0.15, 0.2) is 53.6 Å². The van der Waals surface area contributed by atoms with Gasteiger partial charge in [-0.1, -0.05) is 24.3 Å². The maximum absolute atomic E-state index is 12.7. The van der Waals surface area contributed by atoms with Crippen molar-refractivity contribution in [3.8, 4) is 0 Å². The van der Waals surface area contributed by atoms with Gasteiger partial charge in [-0.05, 0) is 43.0 Å². The van der Waals surface area contributed by atoms with Crippen molar-refractivity contribution in [1.29, 1.82) is 0 Å². The molecule has 4 heteroatoms. The van der Waals surface area contributed by atoms with Crippen LogP contribution in [0.4, 0.5) is 0 Å². The highest BCUT2D eigenvalue weighted by atomic mass is 32.2. The van der Waals surface area contributed by atoms with Crippen molar-refractivity contribution in [3.05, 3.63) is 59.9 Å². The van der Waals surface area contributed by atoms with Gasteiger partial charge in [0.1, 0.15) is 5.25 Å². The third kappa shape index (κ3) is 2.16. The Balaban J connectivity index is 2.09. The van der Waals surface area contributed by atoms with E-state index in [0.717, 1.165) is 24.1 Å². The zero-order valence-electron chi connectivity index (χ0n) is 10.5. The lowest BCUT2D eigenvalue weighted by atomic mass is 9.96. The molecule has 1 atom stereocenters. The number of pyridine rings is 1. The first-order valence-electron chi connectivity index (χ1n) is 6.42. The molecule has 1 aromatic carbocycles. The maximum Gasteiger partial charge on any atom is 0.186 e. The van der Waals surface area contributed by atoms with E-state index >= 15 is 0 Å². The van der Waals surface area contributed by atoms with Gasteiger partial charge in [0.15, 0.2) is 9.84 Å². The highest BCUT2D eigenvalue weighted by molar-refractivity contribution is 7.91. The molecule has 0 N–H and O–H groups in total. The Bertz CT molecular complexity index is 680. The van der Waals surface area contributed by atoms with Crippen molar-refractivity contribution in [1.82, 2.24) is 4.98 Å². The summed E-state index contributed by atoms with van der Waals surface area (Å²) in [4.78, 5) is 4.70. The topological polar surface area (TPSA) is 47.0 Å². The summed E-state index contributed by atoms with van der Waals surface area (Å²) in [6.45, 7) is 0. The Kier molecular flexibility index (Phi) is 3.11. The summed E-state index contributed by atoms with van der Waals surface area (Å²) in [6.07, 6.45) is 4.15. The smallest absolute Gasteiger partial charge is 0.186 e. The van der Waals surface area contributed by atoms with Crippen LogP contribution in [0, 0.1) is 0 Å². The van der Waals surface area contributed by atoms with E-state index in [-0.39, 0.29) is 0 Å². The van der Waals surface area contributed by atoms with Gasteiger partial charge in [0.05, 0.1) is 10.6 Å². The molecule has 1 heterocycles. The minimum absolute atomic E-state index is 0.388. The van der Waals surface area contributed by atoms with Gasteiger partial charge < -0.3 is 0 Å². The molecule has 0 saturated carbocycles. The van der Waals surface area contributed by atoms with Crippen molar-refractivity contribution >= 4 is 9.84 Å². The second kappa shape index (κ2) is 4.78. The van der Waals surface area contributed by atoms with Gasteiger partial charge in [-0.3, -0.25) is 4.98 Å². The van der Waals surface area contributed by atoms with E-state index in [9.17, 15) is 8.42 Å². The summed E-state index contributed by atoms with van der Waals surface area (Å²) in [5.74, 6) is 0. The van der Waals surface area contributed by atoms with E-state index in [2.05, 4.69) is 4.98 Å². The maximum atomic E-state index is 12.7. The van der Waals surface area contributed by atoms with E-state index in [0.29, 0.717) is 11.3 Å². The third-order valence-electron chi connectivity index (χ3n) is 3.59. The van der Waals surface area contributed by atoms with Crippen LogP contribution in [-0.4, -0.2) is 13.4 Å². The van der Waals surface area contributed by atoms with Crippen molar-refractivity contribution in [3.63, 3.8) is 0 Å². The predicted octanol–water partition coefficient (Wildman–Crippen LogP) is 2.93. The minimum atomic E-state index is -3.34. The lowest BCUT2D eigenvalue weighted by molar-refractivity contribution is 0.555. The van der Waals surface area contributed by atoms with Crippen molar-refractivity contribution in [2.24, 2.45) is 0 Å². The Morgan fingerprint density at radius 3 is 2.63 bits per heavy atom. The number of aromatic nitrogens is 1. The first-order chi connectivity index (χ1) is 9.19. The van der Waals surface area contributed by atoms with Crippen LogP contribution in [0.3, 0.4) is 0 Å². The molecule has 2 aromatic rings. The average Bonchev–Trinajstić information content (AvgIpc) is 2.47. The fraction of sp³-hybridized carbons (Fsp3) is 0.267. The van der Waals surface area contributed by atoms with Gasteiger partial charge in [0, 0.05) is 6.20 Å². The van der Waals surface area contributed by atoms with E-state index in [1.165, 1.54) is 0 Å². The van der Waals surface area contributed by atoms with Gasteiger partial charge in [-0.2, -0.15) is 0 Å². The summed E-state index contributed by atoms with van der Waals surface area (Å²) < 4.78 is 25.4. The molecule has 3 rings (SSSR count). The molecule has 1 aliphatic carbocycles. The van der Waals surface area contributed by atoms with Crippen molar-refractivity contribution < 1.29 is 8.42 Å². The van der Waals surface area contributed by atoms with Crippen molar-refractivity contribution in [2.45, 2.75) is 29.4 Å². The van der Waals surface area contributed by atoms with E-state index < -0.39 is 15.1 Å². The van der Waals surface area contributed by atoms with Crippen LogP contribution >= 0.6 is 0 Å².